The molecular formula is C11H14BrNO. The highest BCUT2D eigenvalue weighted by molar-refractivity contribution is 9.10. The molecule has 3 heteroatoms. The maximum absolute atomic E-state index is 10.7. The van der Waals surface area contributed by atoms with Crippen molar-refractivity contribution in [2.24, 2.45) is 0 Å². The highest BCUT2D eigenvalue weighted by Crippen LogP contribution is 2.20. The zero-order chi connectivity index (χ0) is 10.6. The lowest BCUT2D eigenvalue weighted by molar-refractivity contribution is -0.118. The summed E-state index contributed by atoms with van der Waals surface area (Å²) in [5, 5.41) is 2.78. The van der Waals surface area contributed by atoms with Crippen molar-refractivity contribution in [1.82, 2.24) is 5.32 Å². The third-order valence-electron chi connectivity index (χ3n) is 2.04. The lowest BCUT2D eigenvalue weighted by Crippen LogP contribution is -2.22. The number of halogens is 1. The molecule has 0 heterocycles. The van der Waals surface area contributed by atoms with Gasteiger partial charge in [0.25, 0.3) is 0 Å². The Balaban J connectivity index is 2.59. The van der Waals surface area contributed by atoms with E-state index in [4.69, 9.17) is 0 Å². The molecule has 1 rings (SSSR count). The van der Waals surface area contributed by atoms with Crippen molar-refractivity contribution in [2.45, 2.75) is 20.3 Å². The zero-order valence-corrected chi connectivity index (χ0v) is 10.0. The van der Waals surface area contributed by atoms with Gasteiger partial charge >= 0.3 is 0 Å². The van der Waals surface area contributed by atoms with Gasteiger partial charge in [0, 0.05) is 17.9 Å². The van der Waals surface area contributed by atoms with Crippen LogP contribution in [0.5, 0.6) is 0 Å². The van der Waals surface area contributed by atoms with E-state index in [0.29, 0.717) is 6.54 Å². The van der Waals surface area contributed by atoms with Gasteiger partial charge in [-0.15, -0.1) is 0 Å². The molecule has 0 saturated carbocycles. The van der Waals surface area contributed by atoms with E-state index < -0.39 is 0 Å². The number of hydrogen-bond acceptors (Lipinski definition) is 1. The van der Waals surface area contributed by atoms with E-state index in [1.54, 1.807) is 0 Å². The van der Waals surface area contributed by atoms with Gasteiger partial charge in [0.1, 0.15) is 0 Å². The molecule has 1 aromatic rings. The van der Waals surface area contributed by atoms with Gasteiger partial charge in [-0.1, -0.05) is 34.1 Å². The van der Waals surface area contributed by atoms with Crippen molar-refractivity contribution in [2.75, 3.05) is 6.54 Å². The first-order valence-corrected chi connectivity index (χ1v) is 5.39. The summed E-state index contributed by atoms with van der Waals surface area (Å²) in [6.07, 6.45) is 0.863. The number of rotatable bonds is 3. The van der Waals surface area contributed by atoms with E-state index in [0.717, 1.165) is 10.9 Å². The van der Waals surface area contributed by atoms with E-state index in [1.165, 1.54) is 18.1 Å². The second-order valence-electron chi connectivity index (χ2n) is 3.28. The number of hydrogen-bond donors (Lipinski definition) is 1. The summed E-state index contributed by atoms with van der Waals surface area (Å²) in [5.74, 6) is 0.0220. The van der Waals surface area contributed by atoms with Gasteiger partial charge in [0.15, 0.2) is 0 Å². The van der Waals surface area contributed by atoms with Crippen molar-refractivity contribution in [3.05, 3.63) is 33.8 Å². The summed E-state index contributed by atoms with van der Waals surface area (Å²) in [5.41, 5.74) is 2.46. The minimum absolute atomic E-state index is 0.0220. The standard InChI is InChI=1S/C11H14BrNO/c1-8-4-3-5-10(11(8)12)6-7-13-9(2)14/h3-5H,6-7H2,1-2H3,(H,13,14). The lowest BCUT2D eigenvalue weighted by Gasteiger charge is -2.07. The molecule has 76 valence electrons. The number of nitrogens with one attached hydrogen (secondary N) is 1. The van der Waals surface area contributed by atoms with Crippen LogP contribution in [0.25, 0.3) is 0 Å². The Bertz CT molecular complexity index is 336. The van der Waals surface area contributed by atoms with E-state index >= 15 is 0 Å². The third-order valence-corrected chi connectivity index (χ3v) is 3.17. The van der Waals surface area contributed by atoms with Gasteiger partial charge in [-0.3, -0.25) is 4.79 Å². The molecule has 1 N–H and O–H groups in total. The van der Waals surface area contributed by atoms with Gasteiger partial charge < -0.3 is 5.32 Å². The van der Waals surface area contributed by atoms with Gasteiger partial charge in [0.05, 0.1) is 0 Å². The van der Waals surface area contributed by atoms with Crippen LogP contribution >= 0.6 is 15.9 Å². The van der Waals surface area contributed by atoms with Crippen LogP contribution in [0.1, 0.15) is 18.1 Å². The Hall–Kier alpha value is -0.830. The monoisotopic (exact) mass is 255 g/mol. The fourth-order valence-electron chi connectivity index (χ4n) is 1.27. The van der Waals surface area contributed by atoms with E-state index in [9.17, 15) is 4.79 Å². The van der Waals surface area contributed by atoms with Crippen LogP contribution in [-0.2, 0) is 11.2 Å². The second-order valence-corrected chi connectivity index (χ2v) is 4.07. The summed E-state index contributed by atoms with van der Waals surface area (Å²) >= 11 is 3.53. The molecule has 1 aromatic carbocycles. The number of benzene rings is 1. The van der Waals surface area contributed by atoms with Crippen LogP contribution in [0, 0.1) is 6.92 Å². The second kappa shape index (κ2) is 5.15. The highest BCUT2D eigenvalue weighted by atomic mass is 79.9. The first kappa shape index (κ1) is 11.2. The number of carbonyl (C=O) groups is 1. The molecule has 14 heavy (non-hydrogen) atoms. The zero-order valence-electron chi connectivity index (χ0n) is 8.43. The number of amides is 1. The van der Waals surface area contributed by atoms with Gasteiger partial charge in [-0.25, -0.2) is 0 Å². The molecule has 0 spiro atoms. The van der Waals surface area contributed by atoms with Crippen LogP contribution < -0.4 is 5.32 Å². The molecule has 0 radical (unpaired) electrons. The minimum atomic E-state index is 0.0220. The smallest absolute Gasteiger partial charge is 0.216 e. The molecule has 0 fully saturated rings. The first-order chi connectivity index (χ1) is 6.61. The molecule has 0 unspecified atom stereocenters. The third kappa shape index (κ3) is 3.14. The summed E-state index contributed by atoms with van der Waals surface area (Å²) in [6, 6.07) is 6.16. The van der Waals surface area contributed by atoms with E-state index in [-0.39, 0.29) is 5.91 Å². The van der Waals surface area contributed by atoms with Gasteiger partial charge in [-0.05, 0) is 24.5 Å². The molecule has 0 aromatic heterocycles. The fraction of sp³-hybridized carbons (Fsp3) is 0.364. The quantitative estimate of drug-likeness (QED) is 0.884. The molecular weight excluding hydrogens is 242 g/mol. The van der Waals surface area contributed by atoms with Gasteiger partial charge in [0.2, 0.25) is 5.91 Å². The average Bonchev–Trinajstić information content (AvgIpc) is 2.12. The Labute approximate surface area is 92.8 Å². The molecule has 0 atom stereocenters. The molecule has 0 aliphatic rings. The maximum atomic E-state index is 10.7. The Morgan fingerprint density at radius 2 is 2.21 bits per heavy atom. The van der Waals surface area contributed by atoms with Crippen molar-refractivity contribution < 1.29 is 4.79 Å². The SMILES string of the molecule is CC(=O)NCCc1cccc(C)c1Br. The van der Waals surface area contributed by atoms with Crippen LogP contribution in [0.2, 0.25) is 0 Å². The van der Waals surface area contributed by atoms with E-state index in [2.05, 4.69) is 40.3 Å². The number of aryl methyl sites for hydroxylation is 1. The predicted molar refractivity (Wildman–Crippen MR) is 61.3 cm³/mol. The molecule has 0 aliphatic carbocycles. The molecule has 0 bridgehead atoms. The predicted octanol–water partition coefficient (Wildman–Crippen LogP) is 2.44. The Morgan fingerprint density at radius 1 is 1.50 bits per heavy atom. The molecule has 2 nitrogen and oxygen atoms in total. The summed E-state index contributed by atoms with van der Waals surface area (Å²) in [4.78, 5) is 10.7. The van der Waals surface area contributed by atoms with Crippen molar-refractivity contribution in [3.63, 3.8) is 0 Å². The van der Waals surface area contributed by atoms with Crippen LogP contribution in [0.15, 0.2) is 22.7 Å². The fourth-order valence-corrected chi connectivity index (χ4v) is 1.74. The van der Waals surface area contributed by atoms with Crippen molar-refractivity contribution >= 4 is 21.8 Å². The molecule has 0 saturated heterocycles. The topological polar surface area (TPSA) is 29.1 Å². The number of carbonyl (C=O) groups excluding carboxylic acids is 1. The van der Waals surface area contributed by atoms with Crippen LogP contribution in [-0.4, -0.2) is 12.5 Å². The van der Waals surface area contributed by atoms with Gasteiger partial charge in [-0.2, -0.15) is 0 Å². The van der Waals surface area contributed by atoms with Crippen molar-refractivity contribution in [3.8, 4) is 0 Å². The van der Waals surface area contributed by atoms with Crippen molar-refractivity contribution in [1.29, 1.82) is 0 Å². The van der Waals surface area contributed by atoms with E-state index in [1.807, 2.05) is 6.07 Å². The minimum Gasteiger partial charge on any atom is -0.356 e. The molecule has 0 aliphatic heterocycles. The summed E-state index contributed by atoms with van der Waals surface area (Å²) in [7, 11) is 0. The lowest BCUT2D eigenvalue weighted by atomic mass is 10.1. The summed E-state index contributed by atoms with van der Waals surface area (Å²) in [6.45, 7) is 4.29. The normalized spacial score (nSPS) is 9.93. The largest absolute Gasteiger partial charge is 0.356 e. The van der Waals surface area contributed by atoms with Crippen LogP contribution in [0.4, 0.5) is 0 Å². The average molecular weight is 256 g/mol. The highest BCUT2D eigenvalue weighted by Gasteiger charge is 2.01. The Kier molecular flexibility index (Phi) is 4.14. The first-order valence-electron chi connectivity index (χ1n) is 4.59. The molecule has 1 amide bonds. The Morgan fingerprint density at radius 3 is 2.86 bits per heavy atom. The van der Waals surface area contributed by atoms with Crippen LogP contribution in [0.3, 0.4) is 0 Å². The summed E-state index contributed by atoms with van der Waals surface area (Å²) < 4.78 is 1.14. The maximum Gasteiger partial charge on any atom is 0.216 e.